The number of ether oxygens (including phenoxy) is 2. The molecule has 1 N–H and O–H groups in total. The van der Waals surface area contributed by atoms with Gasteiger partial charge in [0.1, 0.15) is 0 Å². The third kappa shape index (κ3) is 4.96. The number of hydrogen-bond acceptors (Lipinski definition) is 3. The maximum atomic E-state index is 5.80. The second kappa shape index (κ2) is 6.46. The zero-order valence-corrected chi connectivity index (χ0v) is 9.54. The van der Waals surface area contributed by atoms with Crippen molar-refractivity contribution < 1.29 is 9.47 Å². The third-order valence-corrected chi connectivity index (χ3v) is 3.10. The Morgan fingerprint density at radius 2 is 1.87 bits per heavy atom. The van der Waals surface area contributed by atoms with Gasteiger partial charge in [-0.05, 0) is 45.1 Å². The lowest BCUT2D eigenvalue weighted by molar-refractivity contribution is -0.0326. The number of nitrogens with one attached hydrogen (secondary N) is 1. The molecule has 1 heterocycles. The molecule has 1 aliphatic carbocycles. The summed E-state index contributed by atoms with van der Waals surface area (Å²) in [6.45, 7) is 3.86. The molecule has 2 rings (SSSR count). The van der Waals surface area contributed by atoms with Crippen molar-refractivity contribution in [3.05, 3.63) is 0 Å². The highest BCUT2D eigenvalue weighted by Crippen LogP contribution is 2.18. The van der Waals surface area contributed by atoms with Gasteiger partial charge in [-0.2, -0.15) is 0 Å². The summed E-state index contributed by atoms with van der Waals surface area (Å²) in [5, 5.41) is 3.52. The van der Waals surface area contributed by atoms with Crippen LogP contribution in [-0.4, -0.2) is 38.5 Å². The Labute approximate surface area is 92.5 Å². The topological polar surface area (TPSA) is 30.5 Å². The first kappa shape index (κ1) is 11.4. The predicted molar refractivity (Wildman–Crippen MR) is 60.1 cm³/mol. The van der Waals surface area contributed by atoms with Gasteiger partial charge in [0.2, 0.25) is 0 Å². The van der Waals surface area contributed by atoms with E-state index in [4.69, 9.17) is 9.47 Å². The zero-order chi connectivity index (χ0) is 10.3. The van der Waals surface area contributed by atoms with Crippen molar-refractivity contribution in [2.45, 2.75) is 50.7 Å². The molecule has 0 spiro atoms. The fourth-order valence-corrected chi connectivity index (χ4v) is 1.91. The van der Waals surface area contributed by atoms with Crippen molar-refractivity contribution in [2.24, 2.45) is 0 Å². The van der Waals surface area contributed by atoms with Gasteiger partial charge < -0.3 is 14.8 Å². The summed E-state index contributed by atoms with van der Waals surface area (Å²) in [6, 6.07) is 0.849. The van der Waals surface area contributed by atoms with E-state index in [9.17, 15) is 0 Å². The molecule has 88 valence electrons. The van der Waals surface area contributed by atoms with Gasteiger partial charge in [0.15, 0.2) is 0 Å². The van der Waals surface area contributed by atoms with Crippen molar-refractivity contribution in [3.8, 4) is 0 Å². The summed E-state index contributed by atoms with van der Waals surface area (Å²) in [7, 11) is 0. The van der Waals surface area contributed by atoms with Crippen LogP contribution in [0.5, 0.6) is 0 Å². The summed E-state index contributed by atoms with van der Waals surface area (Å²) >= 11 is 0. The van der Waals surface area contributed by atoms with Crippen LogP contribution >= 0.6 is 0 Å². The van der Waals surface area contributed by atoms with Crippen LogP contribution in [0.2, 0.25) is 0 Å². The molecule has 0 aromatic heterocycles. The smallest absolute Gasteiger partial charge is 0.0619 e. The Hall–Kier alpha value is -0.120. The molecule has 0 bridgehead atoms. The molecule has 15 heavy (non-hydrogen) atoms. The average Bonchev–Trinajstić information content (AvgIpc) is 3.09. The summed E-state index contributed by atoms with van der Waals surface area (Å²) in [6.07, 6.45) is 7.85. The van der Waals surface area contributed by atoms with Gasteiger partial charge in [-0.25, -0.2) is 0 Å². The molecule has 2 aliphatic rings. The van der Waals surface area contributed by atoms with Gasteiger partial charge in [-0.1, -0.05) is 0 Å². The van der Waals surface area contributed by atoms with E-state index in [1.807, 2.05) is 0 Å². The largest absolute Gasteiger partial charge is 0.381 e. The normalized spacial score (nSPS) is 23.2. The van der Waals surface area contributed by atoms with Gasteiger partial charge in [0.05, 0.1) is 6.10 Å². The molecule has 2 fully saturated rings. The minimum Gasteiger partial charge on any atom is -0.381 e. The van der Waals surface area contributed by atoms with E-state index in [1.165, 1.54) is 32.2 Å². The molecule has 0 radical (unpaired) electrons. The van der Waals surface area contributed by atoms with Gasteiger partial charge in [-0.3, -0.25) is 0 Å². The molecule has 1 aliphatic heterocycles. The number of hydrogen-bond donors (Lipinski definition) is 1. The number of rotatable bonds is 7. The molecule has 0 amide bonds. The maximum Gasteiger partial charge on any atom is 0.0619 e. The third-order valence-electron chi connectivity index (χ3n) is 3.10. The lowest BCUT2D eigenvalue weighted by Gasteiger charge is -2.22. The second-order valence-corrected chi connectivity index (χ2v) is 4.62. The molecule has 0 aromatic carbocycles. The molecule has 3 nitrogen and oxygen atoms in total. The first-order chi connectivity index (χ1) is 7.45. The molecule has 0 atom stereocenters. The summed E-state index contributed by atoms with van der Waals surface area (Å²) in [5.74, 6) is 0. The van der Waals surface area contributed by atoms with Crippen LogP contribution < -0.4 is 5.32 Å². The fraction of sp³-hybridized carbons (Fsp3) is 1.00. The predicted octanol–water partition coefficient (Wildman–Crippen LogP) is 1.71. The van der Waals surface area contributed by atoms with E-state index in [2.05, 4.69) is 5.32 Å². The minimum absolute atomic E-state index is 0.468. The van der Waals surface area contributed by atoms with E-state index in [0.717, 1.165) is 38.7 Å². The zero-order valence-electron chi connectivity index (χ0n) is 9.54. The summed E-state index contributed by atoms with van der Waals surface area (Å²) in [5.41, 5.74) is 0. The van der Waals surface area contributed by atoms with Crippen LogP contribution in [0.25, 0.3) is 0 Å². The Kier molecular flexibility index (Phi) is 4.90. The molecule has 0 unspecified atom stereocenters. The summed E-state index contributed by atoms with van der Waals surface area (Å²) in [4.78, 5) is 0. The second-order valence-electron chi connectivity index (χ2n) is 4.62. The van der Waals surface area contributed by atoms with Crippen LogP contribution in [0.3, 0.4) is 0 Å². The van der Waals surface area contributed by atoms with Crippen LogP contribution in [0.4, 0.5) is 0 Å². The Morgan fingerprint density at radius 1 is 1.07 bits per heavy atom. The highest BCUT2D eigenvalue weighted by molar-refractivity contribution is 4.80. The van der Waals surface area contributed by atoms with Crippen LogP contribution in [-0.2, 0) is 9.47 Å². The SMILES string of the molecule is C(CCOC1CCOCC1)CNC1CC1. The quantitative estimate of drug-likeness (QED) is 0.653. The molecule has 3 heteroatoms. The first-order valence-electron chi connectivity index (χ1n) is 6.38. The monoisotopic (exact) mass is 213 g/mol. The molecule has 0 aromatic rings. The van der Waals surface area contributed by atoms with E-state index in [-0.39, 0.29) is 0 Å². The molecule has 1 saturated carbocycles. The van der Waals surface area contributed by atoms with E-state index in [0.29, 0.717) is 6.10 Å². The van der Waals surface area contributed by atoms with Crippen molar-refractivity contribution in [1.29, 1.82) is 0 Å². The molecular weight excluding hydrogens is 190 g/mol. The van der Waals surface area contributed by atoms with E-state index in [1.54, 1.807) is 0 Å². The lowest BCUT2D eigenvalue weighted by atomic mass is 10.1. The van der Waals surface area contributed by atoms with Crippen molar-refractivity contribution in [2.75, 3.05) is 26.4 Å². The van der Waals surface area contributed by atoms with Gasteiger partial charge in [0.25, 0.3) is 0 Å². The molecule has 1 saturated heterocycles. The van der Waals surface area contributed by atoms with E-state index >= 15 is 0 Å². The van der Waals surface area contributed by atoms with Crippen molar-refractivity contribution in [3.63, 3.8) is 0 Å². The van der Waals surface area contributed by atoms with Gasteiger partial charge in [0, 0.05) is 25.9 Å². The Morgan fingerprint density at radius 3 is 2.60 bits per heavy atom. The highest BCUT2D eigenvalue weighted by Gasteiger charge is 2.19. The first-order valence-corrected chi connectivity index (χ1v) is 6.38. The van der Waals surface area contributed by atoms with Crippen molar-refractivity contribution >= 4 is 0 Å². The van der Waals surface area contributed by atoms with Gasteiger partial charge in [-0.15, -0.1) is 0 Å². The Bertz CT molecular complexity index is 165. The van der Waals surface area contributed by atoms with E-state index < -0.39 is 0 Å². The number of unbranched alkanes of at least 4 members (excludes halogenated alkanes) is 1. The minimum atomic E-state index is 0.468. The fourth-order valence-electron chi connectivity index (χ4n) is 1.91. The average molecular weight is 213 g/mol. The van der Waals surface area contributed by atoms with Crippen LogP contribution in [0.1, 0.15) is 38.5 Å². The van der Waals surface area contributed by atoms with Crippen LogP contribution in [0.15, 0.2) is 0 Å². The van der Waals surface area contributed by atoms with Gasteiger partial charge >= 0.3 is 0 Å². The lowest BCUT2D eigenvalue weighted by Crippen LogP contribution is -2.24. The standard InChI is InChI=1S/C12H23NO2/c1(7-13-11-3-4-11)2-8-15-12-5-9-14-10-6-12/h11-13H,1-10H2. The summed E-state index contributed by atoms with van der Waals surface area (Å²) < 4.78 is 11.1. The maximum absolute atomic E-state index is 5.80. The molecular formula is C12H23NO2. The Balaban J connectivity index is 1.37. The highest BCUT2D eigenvalue weighted by atomic mass is 16.5. The van der Waals surface area contributed by atoms with Crippen molar-refractivity contribution in [1.82, 2.24) is 5.32 Å². The van der Waals surface area contributed by atoms with Crippen LogP contribution in [0, 0.1) is 0 Å².